The molecule has 0 spiro atoms. The normalized spacial score (nSPS) is 13.3. The summed E-state index contributed by atoms with van der Waals surface area (Å²) < 4.78 is 0. The standard InChI is InChI=1S/C6H13NO2.C5H11NO2.C4H7NO4.C2H5NO2/c1-3-4(2)5(7)6(8)9;1-3(2)4(6)5(7)8;5-2(4(8)9)1-3(6)7;3-1-2(4)5/h4-5H,3,7H2,1-2H3,(H,8,9);3-4H,6H2,1-2H3,(H,7,8);2H,1,5H2,(H,6,7)(H,8,9);1,3H2,(H,4,5)/t4-,5-;4-;2-;/m000./s1. The quantitative estimate of drug-likeness (QED) is 0.189. The molecule has 0 saturated carbocycles. The summed E-state index contributed by atoms with van der Waals surface area (Å²) in [5.41, 5.74) is 19.8. The van der Waals surface area contributed by atoms with E-state index in [0.717, 1.165) is 6.42 Å². The lowest BCUT2D eigenvalue weighted by Gasteiger charge is -2.11. The molecule has 0 aliphatic rings. The van der Waals surface area contributed by atoms with E-state index < -0.39 is 54.4 Å². The number of aliphatic carboxylic acids is 5. The summed E-state index contributed by atoms with van der Waals surface area (Å²) in [5, 5.41) is 40.2. The fourth-order valence-corrected chi connectivity index (χ4v) is 1.06. The first-order valence-corrected chi connectivity index (χ1v) is 9.04. The van der Waals surface area contributed by atoms with E-state index in [1.807, 2.05) is 13.8 Å². The number of carboxylic acids is 5. The molecule has 184 valence electrons. The second-order valence-electron chi connectivity index (χ2n) is 6.50. The second kappa shape index (κ2) is 20.5. The number of hydrogen-bond acceptors (Lipinski definition) is 9. The van der Waals surface area contributed by atoms with E-state index in [1.165, 1.54) is 0 Å². The Labute approximate surface area is 180 Å². The van der Waals surface area contributed by atoms with Gasteiger partial charge in [-0.3, -0.25) is 24.0 Å². The van der Waals surface area contributed by atoms with Gasteiger partial charge in [-0.15, -0.1) is 0 Å². The third-order valence-electron chi connectivity index (χ3n) is 3.43. The lowest BCUT2D eigenvalue weighted by Crippen LogP contribution is -2.36. The van der Waals surface area contributed by atoms with Crippen molar-refractivity contribution < 1.29 is 49.5 Å². The summed E-state index contributed by atoms with van der Waals surface area (Å²) in [6.45, 7) is 7.03. The molecule has 31 heavy (non-hydrogen) atoms. The largest absolute Gasteiger partial charge is 0.481 e. The minimum absolute atomic E-state index is 0.0208. The van der Waals surface area contributed by atoms with Gasteiger partial charge in [0.1, 0.15) is 18.1 Å². The first-order chi connectivity index (χ1) is 14.0. The van der Waals surface area contributed by atoms with Crippen LogP contribution in [0.15, 0.2) is 0 Å². The van der Waals surface area contributed by atoms with Gasteiger partial charge in [-0.1, -0.05) is 34.1 Å². The third kappa shape index (κ3) is 27.2. The summed E-state index contributed by atoms with van der Waals surface area (Å²) in [5.74, 6) is -5.22. The van der Waals surface area contributed by atoms with Gasteiger partial charge in [0.15, 0.2) is 0 Å². The molecule has 14 heteroatoms. The Hall–Kier alpha value is -2.81. The van der Waals surface area contributed by atoms with E-state index in [9.17, 15) is 24.0 Å². The minimum atomic E-state index is -1.29. The van der Waals surface area contributed by atoms with Crippen LogP contribution in [0.4, 0.5) is 0 Å². The van der Waals surface area contributed by atoms with E-state index in [-0.39, 0.29) is 18.4 Å². The predicted molar refractivity (Wildman–Crippen MR) is 110 cm³/mol. The highest BCUT2D eigenvalue weighted by atomic mass is 16.4. The predicted octanol–water partition coefficient (Wildman–Crippen LogP) is -1.60. The lowest BCUT2D eigenvalue weighted by atomic mass is 10.0. The molecular weight excluding hydrogens is 420 g/mol. The number of carbonyl (C=O) groups is 5. The molecule has 0 saturated heterocycles. The van der Waals surface area contributed by atoms with Gasteiger partial charge in [-0.2, -0.15) is 0 Å². The number of hydrogen-bond donors (Lipinski definition) is 9. The van der Waals surface area contributed by atoms with Gasteiger partial charge in [0, 0.05) is 0 Å². The third-order valence-corrected chi connectivity index (χ3v) is 3.43. The molecule has 4 atom stereocenters. The molecule has 0 radical (unpaired) electrons. The summed E-state index contributed by atoms with van der Waals surface area (Å²) in [6.07, 6.45) is 0.281. The molecule has 0 rings (SSSR count). The van der Waals surface area contributed by atoms with Crippen LogP contribution in [0.25, 0.3) is 0 Å². The molecule has 14 nitrogen and oxygen atoms in total. The Balaban J connectivity index is -0.000000160. The van der Waals surface area contributed by atoms with Crippen molar-refractivity contribution in [1.29, 1.82) is 0 Å². The zero-order chi connectivity index (χ0) is 25.9. The van der Waals surface area contributed by atoms with Crippen LogP contribution in [0.5, 0.6) is 0 Å². The lowest BCUT2D eigenvalue weighted by molar-refractivity contribution is -0.144. The highest BCUT2D eigenvalue weighted by molar-refractivity contribution is 5.80. The van der Waals surface area contributed by atoms with Crippen LogP contribution in [-0.2, 0) is 24.0 Å². The van der Waals surface area contributed by atoms with Crippen LogP contribution >= 0.6 is 0 Å². The topological polar surface area (TPSA) is 291 Å². The average Bonchev–Trinajstić information content (AvgIpc) is 2.66. The van der Waals surface area contributed by atoms with Gasteiger partial charge in [-0.25, -0.2) is 0 Å². The molecule has 0 heterocycles. The maximum atomic E-state index is 10.2. The van der Waals surface area contributed by atoms with E-state index in [1.54, 1.807) is 13.8 Å². The van der Waals surface area contributed by atoms with Crippen molar-refractivity contribution in [3.8, 4) is 0 Å². The van der Waals surface area contributed by atoms with Gasteiger partial charge in [0.25, 0.3) is 0 Å². The average molecular weight is 456 g/mol. The molecule has 0 bridgehead atoms. The van der Waals surface area contributed by atoms with Crippen molar-refractivity contribution >= 4 is 29.8 Å². The fraction of sp³-hybridized carbons (Fsp3) is 0.706. The summed E-state index contributed by atoms with van der Waals surface area (Å²) in [7, 11) is 0. The van der Waals surface area contributed by atoms with Crippen LogP contribution in [0.2, 0.25) is 0 Å². The maximum absolute atomic E-state index is 10.2. The van der Waals surface area contributed by atoms with Crippen LogP contribution in [0, 0.1) is 11.8 Å². The van der Waals surface area contributed by atoms with Crippen molar-refractivity contribution in [1.82, 2.24) is 0 Å². The molecule has 0 amide bonds. The van der Waals surface area contributed by atoms with Gasteiger partial charge >= 0.3 is 29.8 Å². The number of nitrogens with two attached hydrogens (primary N) is 4. The molecule has 0 unspecified atom stereocenters. The van der Waals surface area contributed by atoms with Crippen molar-refractivity contribution in [2.24, 2.45) is 34.8 Å². The number of rotatable bonds is 9. The van der Waals surface area contributed by atoms with Crippen molar-refractivity contribution in [2.75, 3.05) is 6.54 Å². The molecular formula is C17H36N4O10. The van der Waals surface area contributed by atoms with E-state index in [0.29, 0.717) is 0 Å². The monoisotopic (exact) mass is 456 g/mol. The maximum Gasteiger partial charge on any atom is 0.321 e. The van der Waals surface area contributed by atoms with Gasteiger partial charge in [0.2, 0.25) is 0 Å². The Bertz CT molecular complexity index is 557. The highest BCUT2D eigenvalue weighted by Crippen LogP contribution is 2.04. The van der Waals surface area contributed by atoms with Gasteiger partial charge in [-0.05, 0) is 11.8 Å². The molecule has 0 aromatic heterocycles. The summed E-state index contributed by atoms with van der Waals surface area (Å²) >= 11 is 0. The zero-order valence-corrected chi connectivity index (χ0v) is 18.1. The van der Waals surface area contributed by atoms with Crippen LogP contribution in [0.1, 0.15) is 40.5 Å². The van der Waals surface area contributed by atoms with Gasteiger partial charge in [0.05, 0.1) is 13.0 Å². The summed E-state index contributed by atoms with van der Waals surface area (Å²) in [4.78, 5) is 49.1. The zero-order valence-electron chi connectivity index (χ0n) is 18.1. The van der Waals surface area contributed by atoms with Crippen LogP contribution in [0.3, 0.4) is 0 Å². The van der Waals surface area contributed by atoms with Crippen molar-refractivity contribution in [2.45, 2.75) is 58.7 Å². The van der Waals surface area contributed by atoms with Gasteiger partial charge < -0.3 is 48.5 Å². The minimum Gasteiger partial charge on any atom is -0.481 e. The Morgan fingerprint density at radius 2 is 1.06 bits per heavy atom. The SMILES string of the molecule is CC(C)[C@H](N)C(=O)O.CC[C@H](C)[C@H](N)C(=O)O.NCC(=O)O.N[C@@H](CC(=O)O)C(=O)O. The summed E-state index contributed by atoms with van der Waals surface area (Å²) in [6, 6.07) is -2.70. The molecule has 0 aliphatic heterocycles. The second-order valence-corrected chi connectivity index (χ2v) is 6.50. The molecule has 13 N–H and O–H groups in total. The highest BCUT2D eigenvalue weighted by Gasteiger charge is 2.17. The molecule has 0 aromatic rings. The molecule has 0 aliphatic carbocycles. The molecule has 0 aromatic carbocycles. The fourth-order valence-electron chi connectivity index (χ4n) is 1.06. The number of carboxylic acid groups (broad SMARTS) is 5. The smallest absolute Gasteiger partial charge is 0.321 e. The van der Waals surface area contributed by atoms with E-state index >= 15 is 0 Å². The Morgan fingerprint density at radius 3 is 1.13 bits per heavy atom. The van der Waals surface area contributed by atoms with E-state index in [2.05, 4.69) is 5.73 Å². The van der Waals surface area contributed by atoms with Crippen molar-refractivity contribution in [3.05, 3.63) is 0 Å². The Kier molecular flexibility index (Phi) is 23.5. The van der Waals surface area contributed by atoms with Crippen LogP contribution in [-0.4, -0.2) is 80.0 Å². The Morgan fingerprint density at radius 1 is 0.710 bits per heavy atom. The van der Waals surface area contributed by atoms with Crippen LogP contribution < -0.4 is 22.9 Å². The van der Waals surface area contributed by atoms with Crippen molar-refractivity contribution in [3.63, 3.8) is 0 Å². The van der Waals surface area contributed by atoms with E-state index in [4.69, 9.17) is 42.7 Å². The molecule has 0 fully saturated rings. The first-order valence-electron chi connectivity index (χ1n) is 9.04. The first kappa shape index (κ1) is 35.6.